The Morgan fingerprint density at radius 3 is 2.79 bits per heavy atom. The van der Waals surface area contributed by atoms with Gasteiger partial charge in [0, 0.05) is 6.61 Å². The number of ether oxygens (including phenoxy) is 1. The van der Waals surface area contributed by atoms with Crippen molar-refractivity contribution >= 4 is 0 Å². The van der Waals surface area contributed by atoms with E-state index in [1.165, 1.54) is 5.56 Å². The number of para-hydroxylation sites is 1. The van der Waals surface area contributed by atoms with Gasteiger partial charge in [-0.25, -0.2) is 0 Å². The van der Waals surface area contributed by atoms with Crippen LogP contribution in [-0.2, 0) is 6.42 Å². The highest BCUT2D eigenvalue weighted by molar-refractivity contribution is 5.33. The summed E-state index contributed by atoms with van der Waals surface area (Å²) in [5, 5.41) is 8.75. The lowest BCUT2D eigenvalue weighted by Crippen LogP contribution is -1.99. The summed E-state index contributed by atoms with van der Waals surface area (Å²) in [6.07, 6.45) is 2.71. The summed E-state index contributed by atoms with van der Waals surface area (Å²) in [6, 6.07) is 8.03. The molecule has 0 saturated heterocycles. The molecule has 1 aromatic rings. The van der Waals surface area contributed by atoms with Gasteiger partial charge >= 0.3 is 0 Å². The summed E-state index contributed by atoms with van der Waals surface area (Å²) < 4.78 is 5.60. The molecule has 0 saturated carbocycles. The van der Waals surface area contributed by atoms with Gasteiger partial charge in [0.1, 0.15) is 5.75 Å². The van der Waals surface area contributed by atoms with Gasteiger partial charge in [0.2, 0.25) is 0 Å². The molecule has 0 radical (unpaired) electrons. The first kappa shape index (κ1) is 11.1. The Morgan fingerprint density at radius 1 is 1.29 bits per heavy atom. The van der Waals surface area contributed by atoms with Crippen LogP contribution in [0.25, 0.3) is 0 Å². The van der Waals surface area contributed by atoms with Crippen molar-refractivity contribution in [3.63, 3.8) is 0 Å². The smallest absolute Gasteiger partial charge is 0.122 e. The zero-order valence-electron chi connectivity index (χ0n) is 8.70. The Balaban J connectivity index is 2.60. The standard InChI is InChI=1S/C12H18O2/c1-2-10-14-12-8-4-3-6-11(12)7-5-9-13/h3-4,6,8,13H,2,5,7,9-10H2,1H3. The molecule has 0 aromatic heterocycles. The highest BCUT2D eigenvalue weighted by Crippen LogP contribution is 2.19. The summed E-state index contributed by atoms with van der Waals surface area (Å²) in [5.41, 5.74) is 1.19. The van der Waals surface area contributed by atoms with Crippen LogP contribution in [0.5, 0.6) is 5.75 Å². The third-order valence-electron chi connectivity index (χ3n) is 2.04. The molecule has 1 N–H and O–H groups in total. The second-order valence-electron chi connectivity index (χ2n) is 3.28. The van der Waals surface area contributed by atoms with Crippen molar-refractivity contribution in [2.45, 2.75) is 26.2 Å². The molecule has 14 heavy (non-hydrogen) atoms. The summed E-state index contributed by atoms with van der Waals surface area (Å²) in [6.45, 7) is 3.09. The molecular weight excluding hydrogens is 176 g/mol. The van der Waals surface area contributed by atoms with E-state index >= 15 is 0 Å². The van der Waals surface area contributed by atoms with E-state index in [0.717, 1.165) is 31.6 Å². The highest BCUT2D eigenvalue weighted by atomic mass is 16.5. The van der Waals surface area contributed by atoms with E-state index in [1.54, 1.807) is 0 Å². The zero-order chi connectivity index (χ0) is 10.2. The highest BCUT2D eigenvalue weighted by Gasteiger charge is 2.01. The van der Waals surface area contributed by atoms with Gasteiger partial charge in [0.15, 0.2) is 0 Å². The van der Waals surface area contributed by atoms with Gasteiger partial charge in [0.25, 0.3) is 0 Å². The third-order valence-corrected chi connectivity index (χ3v) is 2.04. The lowest BCUT2D eigenvalue weighted by Gasteiger charge is -2.09. The molecule has 0 fully saturated rings. The average Bonchev–Trinajstić information content (AvgIpc) is 2.24. The monoisotopic (exact) mass is 194 g/mol. The first-order valence-corrected chi connectivity index (χ1v) is 5.20. The average molecular weight is 194 g/mol. The summed E-state index contributed by atoms with van der Waals surface area (Å²) in [4.78, 5) is 0. The normalized spacial score (nSPS) is 10.1. The van der Waals surface area contributed by atoms with Crippen LogP contribution in [0.1, 0.15) is 25.3 Å². The van der Waals surface area contributed by atoms with Crippen molar-refractivity contribution < 1.29 is 9.84 Å². The second kappa shape index (κ2) is 6.44. The van der Waals surface area contributed by atoms with Crippen LogP contribution in [-0.4, -0.2) is 18.3 Å². The van der Waals surface area contributed by atoms with Gasteiger partial charge < -0.3 is 9.84 Å². The predicted molar refractivity (Wildman–Crippen MR) is 57.6 cm³/mol. The van der Waals surface area contributed by atoms with E-state index < -0.39 is 0 Å². The Bertz CT molecular complexity index is 231. The number of aliphatic hydroxyl groups excluding tert-OH is 1. The van der Waals surface area contributed by atoms with Gasteiger partial charge in [-0.05, 0) is 30.9 Å². The fraction of sp³-hybridized carbons (Fsp3) is 0.500. The summed E-state index contributed by atoms with van der Waals surface area (Å²) in [5.74, 6) is 0.961. The van der Waals surface area contributed by atoms with Crippen molar-refractivity contribution in [2.24, 2.45) is 0 Å². The minimum absolute atomic E-state index is 0.238. The van der Waals surface area contributed by atoms with Crippen LogP contribution >= 0.6 is 0 Å². The summed E-state index contributed by atoms with van der Waals surface area (Å²) in [7, 11) is 0. The maximum Gasteiger partial charge on any atom is 0.122 e. The maximum absolute atomic E-state index is 8.75. The minimum Gasteiger partial charge on any atom is -0.493 e. The number of rotatable bonds is 6. The van der Waals surface area contributed by atoms with Crippen molar-refractivity contribution in [3.05, 3.63) is 29.8 Å². The fourth-order valence-electron chi connectivity index (χ4n) is 1.33. The Kier molecular flexibility index (Phi) is 5.08. The van der Waals surface area contributed by atoms with Crippen LogP contribution in [0.15, 0.2) is 24.3 Å². The second-order valence-corrected chi connectivity index (χ2v) is 3.28. The molecule has 1 aromatic carbocycles. The number of aliphatic hydroxyl groups is 1. The lowest BCUT2D eigenvalue weighted by molar-refractivity contribution is 0.285. The van der Waals surface area contributed by atoms with Crippen molar-refractivity contribution in [1.82, 2.24) is 0 Å². The molecule has 0 amide bonds. The largest absolute Gasteiger partial charge is 0.493 e. The molecule has 0 aliphatic heterocycles. The van der Waals surface area contributed by atoms with Crippen molar-refractivity contribution in [2.75, 3.05) is 13.2 Å². The zero-order valence-corrected chi connectivity index (χ0v) is 8.70. The molecule has 0 unspecified atom stereocenters. The molecule has 0 bridgehead atoms. The first-order valence-electron chi connectivity index (χ1n) is 5.20. The predicted octanol–water partition coefficient (Wildman–Crippen LogP) is 2.40. The molecule has 2 heteroatoms. The molecular formula is C12H18O2. The van der Waals surface area contributed by atoms with Gasteiger partial charge in [-0.2, -0.15) is 0 Å². The number of aryl methyl sites for hydroxylation is 1. The fourth-order valence-corrected chi connectivity index (χ4v) is 1.33. The van der Waals surface area contributed by atoms with Gasteiger partial charge in [0.05, 0.1) is 6.61 Å². The summed E-state index contributed by atoms with van der Waals surface area (Å²) >= 11 is 0. The van der Waals surface area contributed by atoms with Crippen LogP contribution in [0.4, 0.5) is 0 Å². The van der Waals surface area contributed by atoms with Crippen molar-refractivity contribution in [1.29, 1.82) is 0 Å². The van der Waals surface area contributed by atoms with Crippen LogP contribution < -0.4 is 4.74 Å². The lowest BCUT2D eigenvalue weighted by atomic mass is 10.1. The van der Waals surface area contributed by atoms with Gasteiger partial charge in [-0.1, -0.05) is 25.1 Å². The minimum atomic E-state index is 0.238. The van der Waals surface area contributed by atoms with Gasteiger partial charge in [-0.15, -0.1) is 0 Å². The van der Waals surface area contributed by atoms with Crippen molar-refractivity contribution in [3.8, 4) is 5.75 Å². The Morgan fingerprint density at radius 2 is 2.07 bits per heavy atom. The first-order chi connectivity index (χ1) is 6.88. The molecule has 0 atom stereocenters. The van der Waals surface area contributed by atoms with E-state index in [-0.39, 0.29) is 6.61 Å². The Hall–Kier alpha value is -1.02. The van der Waals surface area contributed by atoms with E-state index in [9.17, 15) is 0 Å². The van der Waals surface area contributed by atoms with E-state index in [4.69, 9.17) is 9.84 Å². The molecule has 0 aliphatic rings. The topological polar surface area (TPSA) is 29.5 Å². The molecule has 0 spiro atoms. The number of benzene rings is 1. The Labute approximate surface area is 85.5 Å². The molecule has 0 heterocycles. The molecule has 1 rings (SSSR count). The van der Waals surface area contributed by atoms with E-state index in [2.05, 4.69) is 13.0 Å². The SMILES string of the molecule is CCCOc1ccccc1CCCO. The maximum atomic E-state index is 8.75. The van der Waals surface area contributed by atoms with Crippen LogP contribution in [0.3, 0.4) is 0 Å². The van der Waals surface area contributed by atoms with E-state index in [0.29, 0.717) is 0 Å². The molecule has 78 valence electrons. The van der Waals surface area contributed by atoms with Crippen LogP contribution in [0.2, 0.25) is 0 Å². The van der Waals surface area contributed by atoms with E-state index in [1.807, 2.05) is 18.2 Å². The molecule has 2 nitrogen and oxygen atoms in total. The number of hydrogen-bond acceptors (Lipinski definition) is 2. The van der Waals surface area contributed by atoms with Gasteiger partial charge in [-0.3, -0.25) is 0 Å². The molecule has 0 aliphatic carbocycles. The third kappa shape index (κ3) is 3.38. The number of hydrogen-bond donors (Lipinski definition) is 1. The quantitative estimate of drug-likeness (QED) is 0.753. The van der Waals surface area contributed by atoms with Crippen LogP contribution in [0, 0.1) is 0 Å².